The Morgan fingerprint density at radius 1 is 1.43 bits per heavy atom. The molecule has 0 unspecified atom stereocenters. The molecule has 78 valence electrons. The minimum absolute atomic E-state index is 0.115. The highest BCUT2D eigenvalue weighted by atomic mass is 31.2. The molecule has 0 aromatic carbocycles. The van der Waals surface area contributed by atoms with E-state index in [0.717, 1.165) is 19.4 Å². The van der Waals surface area contributed by atoms with E-state index in [1.807, 2.05) is 17.3 Å². The number of aliphatic hydroxyl groups is 1. The zero-order valence-corrected chi connectivity index (χ0v) is 9.28. The van der Waals surface area contributed by atoms with Gasteiger partial charge in [-0.3, -0.25) is 0 Å². The lowest BCUT2D eigenvalue weighted by molar-refractivity contribution is 0.189. The van der Waals surface area contributed by atoms with Crippen LogP contribution in [0.2, 0.25) is 0 Å². The molecule has 0 amide bonds. The van der Waals surface area contributed by atoms with Gasteiger partial charge in [0.25, 0.3) is 0 Å². The lowest BCUT2D eigenvalue weighted by atomic mass is 10.1. The zero-order valence-electron chi connectivity index (χ0n) is 8.39. The van der Waals surface area contributed by atoms with Gasteiger partial charge in [0.15, 0.2) is 0 Å². The third kappa shape index (κ3) is 2.10. The van der Waals surface area contributed by atoms with Gasteiger partial charge in [0, 0.05) is 24.4 Å². The Bertz CT molecular complexity index is 313. The van der Waals surface area contributed by atoms with Crippen LogP contribution >= 0.6 is 7.14 Å². The molecule has 1 N–H and O–H groups in total. The second kappa shape index (κ2) is 3.25. The number of rotatable bonds is 3. The van der Waals surface area contributed by atoms with Gasteiger partial charge in [-0.05, 0) is 31.1 Å². The van der Waals surface area contributed by atoms with E-state index in [9.17, 15) is 4.57 Å². The van der Waals surface area contributed by atoms with Crippen LogP contribution in [0.3, 0.4) is 0 Å². The van der Waals surface area contributed by atoms with Crippen molar-refractivity contribution < 1.29 is 9.67 Å². The molecule has 1 saturated carbocycles. The third-order valence-electron chi connectivity index (χ3n) is 2.92. The van der Waals surface area contributed by atoms with Gasteiger partial charge in [0.05, 0.1) is 6.61 Å². The Hall–Kier alpha value is -0.530. The number of aliphatic hydroxyl groups excluding tert-OH is 1. The maximum Gasteiger partial charge on any atom is 0.129 e. The highest BCUT2D eigenvalue weighted by Crippen LogP contribution is 2.49. The Labute approximate surface area is 84.5 Å². The SMILES string of the molecule is CP1(=O)C=CN(CC2(CO)CC2)C=C1. The first-order valence-electron chi connectivity index (χ1n) is 4.88. The van der Waals surface area contributed by atoms with E-state index in [2.05, 4.69) is 0 Å². The molecule has 0 spiro atoms. The highest BCUT2D eigenvalue weighted by molar-refractivity contribution is 7.69. The molecule has 0 aromatic rings. The number of hydrogen-bond acceptors (Lipinski definition) is 3. The fraction of sp³-hybridized carbons (Fsp3) is 0.600. The minimum atomic E-state index is -2.14. The van der Waals surface area contributed by atoms with Crippen molar-refractivity contribution in [3.05, 3.63) is 24.0 Å². The van der Waals surface area contributed by atoms with Gasteiger partial charge < -0.3 is 14.6 Å². The summed E-state index contributed by atoms with van der Waals surface area (Å²) in [6.45, 7) is 2.85. The lowest BCUT2D eigenvalue weighted by Crippen LogP contribution is -2.24. The number of nitrogens with zero attached hydrogens (tertiary/aromatic N) is 1. The fourth-order valence-electron chi connectivity index (χ4n) is 1.57. The van der Waals surface area contributed by atoms with E-state index in [0.29, 0.717) is 0 Å². The topological polar surface area (TPSA) is 40.5 Å². The average molecular weight is 213 g/mol. The van der Waals surface area contributed by atoms with Crippen LogP contribution in [-0.4, -0.2) is 29.8 Å². The summed E-state index contributed by atoms with van der Waals surface area (Å²) in [7, 11) is -2.14. The molecule has 1 fully saturated rings. The minimum Gasteiger partial charge on any atom is -0.396 e. The van der Waals surface area contributed by atoms with Gasteiger partial charge >= 0.3 is 0 Å². The molecule has 2 rings (SSSR count). The monoisotopic (exact) mass is 213 g/mol. The molecule has 0 saturated heterocycles. The van der Waals surface area contributed by atoms with Crippen molar-refractivity contribution >= 4 is 7.14 Å². The maximum atomic E-state index is 11.6. The fourth-order valence-corrected chi connectivity index (χ4v) is 2.54. The van der Waals surface area contributed by atoms with Gasteiger partial charge in [0.2, 0.25) is 0 Å². The summed E-state index contributed by atoms with van der Waals surface area (Å²) >= 11 is 0. The normalized spacial score (nSPS) is 26.6. The van der Waals surface area contributed by atoms with Crippen molar-refractivity contribution in [2.24, 2.45) is 5.41 Å². The quantitative estimate of drug-likeness (QED) is 0.729. The zero-order chi connectivity index (χ0) is 10.2. The molecule has 1 aliphatic carbocycles. The molecule has 14 heavy (non-hydrogen) atoms. The van der Waals surface area contributed by atoms with Gasteiger partial charge in [0.1, 0.15) is 7.14 Å². The van der Waals surface area contributed by atoms with Crippen molar-refractivity contribution in [2.75, 3.05) is 19.8 Å². The summed E-state index contributed by atoms with van der Waals surface area (Å²) in [6, 6.07) is 0. The summed E-state index contributed by atoms with van der Waals surface area (Å²) in [5, 5.41) is 9.16. The second-order valence-electron chi connectivity index (χ2n) is 4.49. The summed E-state index contributed by atoms with van der Waals surface area (Å²) < 4.78 is 11.6. The van der Waals surface area contributed by atoms with E-state index >= 15 is 0 Å². The van der Waals surface area contributed by atoms with Crippen LogP contribution in [0.5, 0.6) is 0 Å². The van der Waals surface area contributed by atoms with Gasteiger partial charge in [-0.2, -0.15) is 0 Å². The molecule has 0 radical (unpaired) electrons. The first kappa shape index (κ1) is 10.0. The van der Waals surface area contributed by atoms with Crippen molar-refractivity contribution in [3.63, 3.8) is 0 Å². The molecule has 0 aromatic heterocycles. The van der Waals surface area contributed by atoms with Crippen LogP contribution < -0.4 is 0 Å². The van der Waals surface area contributed by atoms with Crippen LogP contribution in [0, 0.1) is 5.41 Å². The van der Waals surface area contributed by atoms with Gasteiger partial charge in [-0.25, -0.2) is 0 Å². The molecule has 1 heterocycles. The summed E-state index contributed by atoms with van der Waals surface area (Å²) in [6.07, 6.45) is 5.95. The highest BCUT2D eigenvalue weighted by Gasteiger charge is 2.43. The Kier molecular flexibility index (Phi) is 2.32. The van der Waals surface area contributed by atoms with E-state index in [4.69, 9.17) is 5.11 Å². The van der Waals surface area contributed by atoms with E-state index in [-0.39, 0.29) is 12.0 Å². The molecule has 0 bridgehead atoms. The molecule has 4 heteroatoms. The van der Waals surface area contributed by atoms with Crippen molar-refractivity contribution in [1.82, 2.24) is 4.90 Å². The van der Waals surface area contributed by atoms with Crippen molar-refractivity contribution in [3.8, 4) is 0 Å². The van der Waals surface area contributed by atoms with E-state index in [1.165, 1.54) is 0 Å². The summed E-state index contributed by atoms with van der Waals surface area (Å²) in [4.78, 5) is 2.02. The largest absolute Gasteiger partial charge is 0.396 e. The molecule has 2 aliphatic rings. The van der Waals surface area contributed by atoms with Crippen molar-refractivity contribution in [1.29, 1.82) is 0 Å². The molecular formula is C10H16NO2P. The Morgan fingerprint density at radius 3 is 2.43 bits per heavy atom. The standard InChI is InChI=1S/C10H16NO2P/c1-14(13)6-4-11(5-7-14)8-10(9-12)2-3-10/h4-7,12H,2-3,8-9H2,1H3. The van der Waals surface area contributed by atoms with Crippen LogP contribution in [0.25, 0.3) is 0 Å². The first-order chi connectivity index (χ1) is 6.55. The summed E-state index contributed by atoms with van der Waals surface area (Å²) in [5.74, 6) is 3.53. The maximum absolute atomic E-state index is 11.6. The molecule has 1 aliphatic heterocycles. The molecule has 3 nitrogen and oxygen atoms in total. The van der Waals surface area contributed by atoms with E-state index in [1.54, 1.807) is 18.3 Å². The lowest BCUT2D eigenvalue weighted by Gasteiger charge is -2.24. The average Bonchev–Trinajstić information content (AvgIpc) is 2.90. The Balaban J connectivity index is 1.97. The van der Waals surface area contributed by atoms with E-state index < -0.39 is 7.14 Å². The Morgan fingerprint density at radius 2 is 2.00 bits per heavy atom. The predicted octanol–water partition coefficient (Wildman–Crippen LogP) is 2.01. The van der Waals surface area contributed by atoms with Gasteiger partial charge in [-0.1, -0.05) is 0 Å². The molecular weight excluding hydrogens is 197 g/mol. The predicted molar refractivity (Wildman–Crippen MR) is 57.3 cm³/mol. The van der Waals surface area contributed by atoms with Crippen LogP contribution in [-0.2, 0) is 4.57 Å². The van der Waals surface area contributed by atoms with Crippen LogP contribution in [0.4, 0.5) is 0 Å². The van der Waals surface area contributed by atoms with Crippen molar-refractivity contribution in [2.45, 2.75) is 12.8 Å². The number of hydrogen-bond donors (Lipinski definition) is 1. The summed E-state index contributed by atoms with van der Waals surface area (Å²) in [5.41, 5.74) is 0.115. The molecule has 0 atom stereocenters. The third-order valence-corrected chi connectivity index (χ3v) is 4.37. The van der Waals surface area contributed by atoms with Crippen LogP contribution in [0.1, 0.15) is 12.8 Å². The first-order valence-corrected chi connectivity index (χ1v) is 7.17. The second-order valence-corrected chi connectivity index (χ2v) is 7.20. The van der Waals surface area contributed by atoms with Crippen LogP contribution in [0.15, 0.2) is 24.0 Å². The smallest absolute Gasteiger partial charge is 0.129 e. The van der Waals surface area contributed by atoms with Gasteiger partial charge in [-0.15, -0.1) is 0 Å².